The van der Waals surface area contributed by atoms with Crippen LogP contribution in [0.2, 0.25) is 0 Å². The minimum Gasteiger partial charge on any atom is -0.448 e. The second kappa shape index (κ2) is 4.97. The molecule has 100 valence electrons. The van der Waals surface area contributed by atoms with Gasteiger partial charge < -0.3 is 19.4 Å². The van der Waals surface area contributed by atoms with E-state index in [4.69, 9.17) is 9.15 Å². The van der Waals surface area contributed by atoms with E-state index < -0.39 is 5.60 Å². The molecule has 0 spiro atoms. The van der Waals surface area contributed by atoms with Crippen molar-refractivity contribution in [2.45, 2.75) is 39.0 Å². The summed E-state index contributed by atoms with van der Waals surface area (Å²) >= 11 is 0. The molecular formula is C12H19N3O3. The first-order valence-electron chi connectivity index (χ1n) is 6.04. The molecule has 1 aromatic heterocycles. The monoisotopic (exact) mass is 253 g/mol. The lowest BCUT2D eigenvalue weighted by atomic mass is 10.1. The minimum atomic E-state index is -0.437. The van der Waals surface area contributed by atoms with Gasteiger partial charge in [0.25, 0.3) is 0 Å². The third kappa shape index (κ3) is 3.46. The van der Waals surface area contributed by atoms with E-state index in [1.54, 1.807) is 17.4 Å². The summed E-state index contributed by atoms with van der Waals surface area (Å²) in [5, 5.41) is 3.26. The molecule has 1 aliphatic rings. The van der Waals surface area contributed by atoms with Crippen LogP contribution < -0.4 is 5.32 Å². The number of carbonyl (C=O) groups excluding carboxylic acids is 1. The summed E-state index contributed by atoms with van der Waals surface area (Å²) < 4.78 is 10.4. The Balaban J connectivity index is 1.66. The molecule has 1 saturated heterocycles. The number of carbonyl (C=O) groups is 1. The smallest absolute Gasteiger partial charge is 0.410 e. The number of nitrogens with zero attached hydrogens (tertiary/aromatic N) is 2. The van der Waals surface area contributed by atoms with Crippen molar-refractivity contribution in [3.63, 3.8) is 0 Å². The molecule has 0 unspecified atom stereocenters. The second-order valence-electron chi connectivity index (χ2n) is 5.39. The van der Waals surface area contributed by atoms with Crippen molar-refractivity contribution >= 4 is 6.09 Å². The van der Waals surface area contributed by atoms with Crippen LogP contribution >= 0.6 is 0 Å². The van der Waals surface area contributed by atoms with Crippen LogP contribution in [0.3, 0.4) is 0 Å². The molecule has 2 rings (SSSR count). The lowest BCUT2D eigenvalue weighted by molar-refractivity contribution is 0.00501. The average molecular weight is 253 g/mol. The molecular weight excluding hydrogens is 234 g/mol. The molecule has 0 aromatic carbocycles. The quantitative estimate of drug-likeness (QED) is 0.881. The molecule has 1 amide bonds. The maximum atomic E-state index is 11.7. The zero-order chi connectivity index (χ0) is 13.2. The maximum Gasteiger partial charge on any atom is 0.410 e. The Labute approximate surface area is 106 Å². The highest BCUT2D eigenvalue weighted by molar-refractivity contribution is 5.69. The van der Waals surface area contributed by atoms with E-state index in [-0.39, 0.29) is 12.1 Å². The van der Waals surface area contributed by atoms with Gasteiger partial charge in [0.2, 0.25) is 5.89 Å². The van der Waals surface area contributed by atoms with E-state index in [1.807, 2.05) is 20.8 Å². The predicted octanol–water partition coefficient (Wildman–Crippen LogP) is 1.38. The number of ether oxygens (including phenoxy) is 1. The SMILES string of the molecule is CC(C)(C)OC(=O)N1CC(NCc2ncco2)C1. The molecule has 0 radical (unpaired) electrons. The van der Waals surface area contributed by atoms with Crippen molar-refractivity contribution in [2.75, 3.05) is 13.1 Å². The lowest BCUT2D eigenvalue weighted by Crippen LogP contribution is -2.60. The van der Waals surface area contributed by atoms with Gasteiger partial charge in [0.1, 0.15) is 11.9 Å². The summed E-state index contributed by atoms with van der Waals surface area (Å²) in [4.78, 5) is 17.4. The fourth-order valence-corrected chi connectivity index (χ4v) is 1.66. The Morgan fingerprint density at radius 2 is 2.33 bits per heavy atom. The maximum absolute atomic E-state index is 11.7. The molecule has 18 heavy (non-hydrogen) atoms. The van der Waals surface area contributed by atoms with Crippen LogP contribution in [-0.2, 0) is 11.3 Å². The van der Waals surface area contributed by atoms with E-state index in [2.05, 4.69) is 10.3 Å². The zero-order valence-corrected chi connectivity index (χ0v) is 11.0. The molecule has 0 aliphatic carbocycles. The Hall–Kier alpha value is -1.56. The third-order valence-electron chi connectivity index (χ3n) is 2.56. The molecule has 1 aliphatic heterocycles. The highest BCUT2D eigenvalue weighted by Gasteiger charge is 2.33. The van der Waals surface area contributed by atoms with Crippen molar-refractivity contribution in [1.29, 1.82) is 0 Å². The fourth-order valence-electron chi connectivity index (χ4n) is 1.66. The Bertz CT molecular complexity index is 391. The number of nitrogens with one attached hydrogen (secondary N) is 1. The van der Waals surface area contributed by atoms with Crippen molar-refractivity contribution in [3.8, 4) is 0 Å². The van der Waals surface area contributed by atoms with Crippen molar-refractivity contribution in [3.05, 3.63) is 18.4 Å². The minimum absolute atomic E-state index is 0.253. The Morgan fingerprint density at radius 3 is 2.89 bits per heavy atom. The van der Waals surface area contributed by atoms with Gasteiger partial charge in [-0.1, -0.05) is 0 Å². The van der Waals surface area contributed by atoms with Crippen molar-refractivity contribution in [1.82, 2.24) is 15.2 Å². The van der Waals surface area contributed by atoms with Crippen LogP contribution in [-0.4, -0.2) is 40.7 Å². The van der Waals surface area contributed by atoms with Crippen LogP contribution in [0.4, 0.5) is 4.79 Å². The van der Waals surface area contributed by atoms with Gasteiger partial charge >= 0.3 is 6.09 Å². The van der Waals surface area contributed by atoms with E-state index >= 15 is 0 Å². The van der Waals surface area contributed by atoms with Crippen molar-refractivity contribution < 1.29 is 13.9 Å². The van der Waals surface area contributed by atoms with Gasteiger partial charge in [-0.15, -0.1) is 0 Å². The molecule has 0 atom stereocenters. The number of likely N-dealkylation sites (tertiary alicyclic amines) is 1. The molecule has 0 bridgehead atoms. The second-order valence-corrected chi connectivity index (χ2v) is 5.39. The largest absolute Gasteiger partial charge is 0.448 e. The number of hydrogen-bond donors (Lipinski definition) is 1. The molecule has 1 N–H and O–H groups in total. The Kier molecular flexibility index (Phi) is 3.56. The van der Waals surface area contributed by atoms with E-state index in [9.17, 15) is 4.79 Å². The molecule has 1 aromatic rings. The van der Waals surface area contributed by atoms with Crippen LogP contribution in [0, 0.1) is 0 Å². The number of hydrogen-bond acceptors (Lipinski definition) is 5. The van der Waals surface area contributed by atoms with Gasteiger partial charge in [-0.3, -0.25) is 0 Å². The van der Waals surface area contributed by atoms with Crippen LogP contribution in [0.25, 0.3) is 0 Å². The van der Waals surface area contributed by atoms with E-state index in [1.165, 1.54) is 0 Å². The molecule has 0 saturated carbocycles. The van der Waals surface area contributed by atoms with E-state index in [0.717, 1.165) is 0 Å². The highest BCUT2D eigenvalue weighted by atomic mass is 16.6. The predicted molar refractivity (Wildman–Crippen MR) is 64.9 cm³/mol. The first kappa shape index (κ1) is 12.9. The van der Waals surface area contributed by atoms with E-state index in [0.29, 0.717) is 25.5 Å². The fraction of sp³-hybridized carbons (Fsp3) is 0.667. The number of aromatic nitrogens is 1. The molecule has 6 nitrogen and oxygen atoms in total. The topological polar surface area (TPSA) is 67.6 Å². The first-order chi connectivity index (χ1) is 8.44. The normalized spacial score (nSPS) is 16.5. The van der Waals surface area contributed by atoms with Gasteiger partial charge in [-0.05, 0) is 20.8 Å². The van der Waals surface area contributed by atoms with Crippen LogP contribution in [0.5, 0.6) is 0 Å². The molecule has 2 heterocycles. The number of oxazole rings is 1. The van der Waals surface area contributed by atoms with Crippen LogP contribution in [0.15, 0.2) is 16.9 Å². The number of amides is 1. The summed E-state index contributed by atoms with van der Waals surface area (Å²) in [6.07, 6.45) is 2.91. The standard InChI is InChI=1S/C12H19N3O3/c1-12(2,3)18-11(16)15-7-9(8-15)14-6-10-13-4-5-17-10/h4-5,9,14H,6-8H2,1-3H3. The van der Waals surface area contributed by atoms with Gasteiger partial charge in [0, 0.05) is 19.1 Å². The third-order valence-corrected chi connectivity index (χ3v) is 2.56. The van der Waals surface area contributed by atoms with Gasteiger partial charge in [-0.2, -0.15) is 0 Å². The Morgan fingerprint density at radius 1 is 1.61 bits per heavy atom. The van der Waals surface area contributed by atoms with Crippen LogP contribution in [0.1, 0.15) is 26.7 Å². The molecule has 6 heteroatoms. The zero-order valence-electron chi connectivity index (χ0n) is 11.0. The summed E-state index contributed by atoms with van der Waals surface area (Å²) in [5.74, 6) is 0.658. The average Bonchev–Trinajstić information content (AvgIpc) is 2.64. The molecule has 1 fully saturated rings. The van der Waals surface area contributed by atoms with Crippen molar-refractivity contribution in [2.24, 2.45) is 0 Å². The summed E-state index contributed by atoms with van der Waals surface area (Å²) in [6.45, 7) is 7.50. The highest BCUT2D eigenvalue weighted by Crippen LogP contribution is 2.15. The lowest BCUT2D eigenvalue weighted by Gasteiger charge is -2.40. The summed E-state index contributed by atoms with van der Waals surface area (Å²) in [7, 11) is 0. The van der Waals surface area contributed by atoms with Gasteiger partial charge in [0.15, 0.2) is 0 Å². The summed E-state index contributed by atoms with van der Waals surface area (Å²) in [6, 6.07) is 0.282. The first-order valence-corrected chi connectivity index (χ1v) is 6.04. The van der Waals surface area contributed by atoms with Gasteiger partial charge in [-0.25, -0.2) is 9.78 Å². The summed E-state index contributed by atoms with van der Waals surface area (Å²) in [5.41, 5.74) is -0.437. The van der Waals surface area contributed by atoms with Gasteiger partial charge in [0.05, 0.1) is 12.7 Å². The number of rotatable bonds is 3.